The molecular weight excluding hydrogens is 296 g/mol. The second-order valence-corrected chi connectivity index (χ2v) is 4.86. The number of amides is 1. The maximum Gasteiger partial charge on any atom is 0.271 e. The molecule has 1 amide bonds. The lowest BCUT2D eigenvalue weighted by Gasteiger charge is -1.87. The van der Waals surface area contributed by atoms with Gasteiger partial charge in [-0.15, -0.1) is 0 Å². The number of anilines is 1. The molecule has 4 N–H and O–H groups in total. The molecule has 0 saturated carbocycles. The minimum atomic E-state index is -0.231. The van der Waals surface area contributed by atoms with Crippen molar-refractivity contribution in [1.29, 1.82) is 0 Å². The number of carbonyl (C=O) groups excluding carboxylic acids is 1. The van der Waals surface area contributed by atoms with Crippen LogP contribution in [0.4, 0.5) is 5.69 Å². The molecular formula is C14H10N8O. The number of hydrogen-bond donors (Lipinski definition) is 3. The Kier molecular flexibility index (Phi) is 2.83. The standard InChI is InChI=1S/C8H4N4O.C6H6N4/c13-7-3-4-5(9-7)1-2-6-8(4)11-12-10-6;7-4-1-2-5-6(3-4)9-10-8-5/h1-3H,(H,10,11,12);1-3H,7H2,(H,8,9,10). The number of carbonyl (C=O) groups is 1. The minimum absolute atomic E-state index is 0.231. The summed E-state index contributed by atoms with van der Waals surface area (Å²) in [4.78, 5) is 14.8. The van der Waals surface area contributed by atoms with Crippen molar-refractivity contribution in [2.45, 2.75) is 0 Å². The topological polar surface area (TPSA) is 139 Å². The summed E-state index contributed by atoms with van der Waals surface area (Å²) in [6, 6.07) is 8.95. The number of nitrogen functional groups attached to an aromatic ring is 1. The van der Waals surface area contributed by atoms with E-state index >= 15 is 0 Å². The fourth-order valence-corrected chi connectivity index (χ4v) is 2.29. The summed E-state index contributed by atoms with van der Waals surface area (Å²) in [5, 5.41) is 22.0. The summed E-state index contributed by atoms with van der Waals surface area (Å²) in [5.41, 5.74) is 9.31. The van der Waals surface area contributed by atoms with Crippen molar-refractivity contribution in [3.8, 4) is 0 Å². The maximum atomic E-state index is 11.0. The molecule has 4 aromatic rings. The Morgan fingerprint density at radius 2 is 1.61 bits per heavy atom. The fraction of sp³-hybridized carbons (Fsp3) is 0. The number of rotatable bonds is 0. The summed E-state index contributed by atoms with van der Waals surface area (Å²) in [6.07, 6.45) is 1.47. The van der Waals surface area contributed by atoms with E-state index in [4.69, 9.17) is 5.73 Å². The summed E-state index contributed by atoms with van der Waals surface area (Å²) in [7, 11) is 0. The zero-order valence-electron chi connectivity index (χ0n) is 11.7. The Morgan fingerprint density at radius 3 is 2.52 bits per heavy atom. The van der Waals surface area contributed by atoms with E-state index in [-0.39, 0.29) is 5.91 Å². The van der Waals surface area contributed by atoms with Crippen molar-refractivity contribution >= 4 is 39.7 Å². The molecule has 0 saturated heterocycles. The van der Waals surface area contributed by atoms with Gasteiger partial charge in [0, 0.05) is 17.0 Å². The van der Waals surface area contributed by atoms with Gasteiger partial charge in [-0.25, -0.2) is 4.99 Å². The summed E-state index contributed by atoms with van der Waals surface area (Å²) >= 11 is 0. The van der Waals surface area contributed by atoms with Gasteiger partial charge in [-0.05, 0) is 30.3 Å². The van der Waals surface area contributed by atoms with Gasteiger partial charge in [0.05, 0.1) is 5.36 Å². The molecule has 9 heteroatoms. The highest BCUT2D eigenvalue weighted by atomic mass is 16.1. The van der Waals surface area contributed by atoms with Crippen molar-refractivity contribution in [3.05, 3.63) is 40.9 Å². The SMILES string of the molecule is Nc1ccc2n[nH]nc2c1.O=C1C=c2c(ccc3n[nH]nc23)=N1. The first-order valence-corrected chi connectivity index (χ1v) is 6.70. The van der Waals surface area contributed by atoms with Crippen LogP contribution in [0.2, 0.25) is 0 Å². The number of nitrogens with zero attached hydrogens (tertiary/aromatic N) is 5. The van der Waals surface area contributed by atoms with Crippen LogP contribution in [0.3, 0.4) is 0 Å². The average Bonchev–Trinajstić information content (AvgIpc) is 3.24. The van der Waals surface area contributed by atoms with Crippen molar-refractivity contribution in [2.24, 2.45) is 4.99 Å². The van der Waals surface area contributed by atoms with Gasteiger partial charge in [-0.2, -0.15) is 30.8 Å². The van der Waals surface area contributed by atoms with Crippen LogP contribution in [0.1, 0.15) is 0 Å². The molecule has 5 rings (SSSR count). The van der Waals surface area contributed by atoms with E-state index in [0.717, 1.165) is 21.8 Å². The molecule has 2 aromatic heterocycles. The molecule has 3 heterocycles. The van der Waals surface area contributed by atoms with Crippen LogP contribution in [0, 0.1) is 0 Å². The quantitative estimate of drug-likeness (QED) is 0.372. The maximum absolute atomic E-state index is 11.0. The van der Waals surface area contributed by atoms with Crippen molar-refractivity contribution < 1.29 is 4.79 Å². The van der Waals surface area contributed by atoms with Gasteiger partial charge in [-0.3, -0.25) is 4.79 Å². The van der Waals surface area contributed by atoms with E-state index in [1.54, 1.807) is 24.3 Å². The second kappa shape index (κ2) is 4.98. The summed E-state index contributed by atoms with van der Waals surface area (Å²) in [5.74, 6) is -0.231. The minimum Gasteiger partial charge on any atom is -0.399 e. The molecule has 0 unspecified atom stereocenters. The predicted molar refractivity (Wildman–Crippen MR) is 82.4 cm³/mol. The van der Waals surface area contributed by atoms with Crippen LogP contribution >= 0.6 is 0 Å². The Bertz CT molecular complexity index is 1160. The molecule has 0 bridgehead atoms. The number of aromatic amines is 2. The van der Waals surface area contributed by atoms with Crippen molar-refractivity contribution in [3.63, 3.8) is 0 Å². The highest BCUT2D eigenvalue weighted by Crippen LogP contribution is 2.10. The number of benzene rings is 2. The number of nitrogens with two attached hydrogens (primary N) is 1. The Hall–Kier alpha value is -3.62. The molecule has 2 aromatic carbocycles. The Labute approximate surface area is 127 Å². The van der Waals surface area contributed by atoms with Gasteiger partial charge in [0.2, 0.25) is 0 Å². The zero-order chi connectivity index (χ0) is 15.8. The lowest BCUT2D eigenvalue weighted by Crippen LogP contribution is -2.21. The van der Waals surface area contributed by atoms with Crippen LogP contribution in [0.25, 0.3) is 28.1 Å². The van der Waals surface area contributed by atoms with E-state index < -0.39 is 0 Å². The first-order valence-electron chi connectivity index (χ1n) is 6.70. The van der Waals surface area contributed by atoms with Crippen LogP contribution in [0.5, 0.6) is 0 Å². The third-order valence-corrected chi connectivity index (χ3v) is 3.34. The third kappa shape index (κ3) is 2.29. The van der Waals surface area contributed by atoms with Gasteiger partial charge >= 0.3 is 0 Å². The van der Waals surface area contributed by atoms with Crippen molar-refractivity contribution in [2.75, 3.05) is 5.73 Å². The Morgan fingerprint density at radius 1 is 0.870 bits per heavy atom. The molecule has 0 atom stereocenters. The lowest BCUT2D eigenvalue weighted by molar-refractivity contribution is -0.112. The number of nitrogens with one attached hydrogen (secondary N) is 2. The van der Waals surface area contributed by atoms with Gasteiger partial charge in [0.15, 0.2) is 0 Å². The predicted octanol–water partition coefficient (Wildman–Crippen LogP) is -0.562. The zero-order valence-corrected chi connectivity index (χ0v) is 11.7. The van der Waals surface area contributed by atoms with Crippen LogP contribution < -0.4 is 16.3 Å². The largest absolute Gasteiger partial charge is 0.399 e. The van der Waals surface area contributed by atoms with E-state index in [9.17, 15) is 4.79 Å². The number of fused-ring (bicyclic) bond motifs is 4. The van der Waals surface area contributed by atoms with E-state index in [1.165, 1.54) is 6.08 Å². The van der Waals surface area contributed by atoms with Gasteiger partial charge in [0.1, 0.15) is 22.1 Å². The molecule has 0 aliphatic carbocycles. The third-order valence-electron chi connectivity index (χ3n) is 3.34. The molecule has 9 nitrogen and oxygen atoms in total. The molecule has 0 spiro atoms. The van der Waals surface area contributed by atoms with Gasteiger partial charge < -0.3 is 5.73 Å². The molecule has 1 aliphatic rings. The van der Waals surface area contributed by atoms with Gasteiger partial charge in [0.25, 0.3) is 5.91 Å². The van der Waals surface area contributed by atoms with Gasteiger partial charge in [-0.1, -0.05) is 0 Å². The molecule has 1 aliphatic heterocycles. The normalized spacial score (nSPS) is 12.4. The van der Waals surface area contributed by atoms with Crippen molar-refractivity contribution in [1.82, 2.24) is 30.8 Å². The number of H-pyrrole nitrogens is 2. The fourth-order valence-electron chi connectivity index (χ4n) is 2.29. The average molecular weight is 306 g/mol. The number of hydrogen-bond acceptors (Lipinski definition) is 6. The molecule has 0 radical (unpaired) electrons. The summed E-state index contributed by atoms with van der Waals surface area (Å²) < 4.78 is 0. The molecule has 112 valence electrons. The number of aromatic nitrogens is 6. The van der Waals surface area contributed by atoms with E-state index in [2.05, 4.69) is 35.8 Å². The van der Waals surface area contributed by atoms with Crippen LogP contribution in [-0.4, -0.2) is 36.7 Å². The van der Waals surface area contributed by atoms with E-state index in [1.807, 2.05) is 6.07 Å². The van der Waals surface area contributed by atoms with Crippen LogP contribution in [0.15, 0.2) is 35.3 Å². The first kappa shape index (κ1) is 13.1. The van der Waals surface area contributed by atoms with Crippen LogP contribution in [-0.2, 0) is 4.79 Å². The highest BCUT2D eigenvalue weighted by molar-refractivity contribution is 6.08. The summed E-state index contributed by atoms with van der Waals surface area (Å²) in [6.45, 7) is 0. The second-order valence-electron chi connectivity index (χ2n) is 4.86. The monoisotopic (exact) mass is 306 g/mol. The van der Waals surface area contributed by atoms with E-state index in [0.29, 0.717) is 16.6 Å². The molecule has 23 heavy (non-hydrogen) atoms. The highest BCUT2D eigenvalue weighted by Gasteiger charge is 2.08. The first-order chi connectivity index (χ1) is 11.2. The smallest absolute Gasteiger partial charge is 0.271 e. The lowest BCUT2D eigenvalue weighted by atomic mass is 10.2. The Balaban J connectivity index is 0.000000122. The molecule has 0 fully saturated rings.